The van der Waals surface area contributed by atoms with Crippen molar-refractivity contribution < 1.29 is 24.2 Å². The Hall–Kier alpha value is -1.30. The zero-order valence-electron chi connectivity index (χ0n) is 11.5. The first kappa shape index (κ1) is 14.8. The lowest BCUT2D eigenvalue weighted by Crippen LogP contribution is -2.52. The van der Waals surface area contributed by atoms with Crippen LogP contribution in [0.1, 0.15) is 34.1 Å². The Bertz CT molecular complexity index is 349. The first-order valence-electron chi connectivity index (χ1n) is 5.87. The van der Waals surface area contributed by atoms with Gasteiger partial charge in [0, 0.05) is 13.5 Å². The lowest BCUT2D eigenvalue weighted by molar-refractivity contribution is -0.148. The van der Waals surface area contributed by atoms with E-state index in [0.29, 0.717) is 0 Å². The number of carboxylic acid groups (broad SMARTS) is 1. The average molecular weight is 259 g/mol. The van der Waals surface area contributed by atoms with Crippen molar-refractivity contribution in [2.75, 3.05) is 13.7 Å². The minimum Gasteiger partial charge on any atom is -0.480 e. The molecule has 2 atom stereocenters. The van der Waals surface area contributed by atoms with Crippen molar-refractivity contribution in [2.45, 2.75) is 51.4 Å². The molecule has 6 heteroatoms. The topological polar surface area (TPSA) is 76.1 Å². The van der Waals surface area contributed by atoms with Crippen molar-refractivity contribution in [2.24, 2.45) is 0 Å². The summed E-state index contributed by atoms with van der Waals surface area (Å²) in [5.74, 6) is -1.05. The third-order valence-corrected chi connectivity index (χ3v) is 3.02. The number of nitrogens with zero attached hydrogens (tertiary/aromatic N) is 1. The smallest absolute Gasteiger partial charge is 0.411 e. The highest BCUT2D eigenvalue weighted by Crippen LogP contribution is 2.32. The van der Waals surface area contributed by atoms with Gasteiger partial charge in [0.05, 0.1) is 12.6 Å². The summed E-state index contributed by atoms with van der Waals surface area (Å²) in [6.45, 7) is 6.97. The second kappa shape index (κ2) is 4.76. The van der Waals surface area contributed by atoms with Crippen LogP contribution in [0.25, 0.3) is 0 Å². The summed E-state index contributed by atoms with van der Waals surface area (Å²) >= 11 is 0. The molecule has 0 bridgehead atoms. The zero-order valence-corrected chi connectivity index (χ0v) is 11.5. The van der Waals surface area contributed by atoms with Crippen molar-refractivity contribution in [3.05, 3.63) is 0 Å². The third kappa shape index (κ3) is 2.93. The summed E-state index contributed by atoms with van der Waals surface area (Å²) in [6, 6.07) is 0. The zero-order chi connectivity index (χ0) is 14.1. The van der Waals surface area contributed by atoms with E-state index in [9.17, 15) is 14.7 Å². The average Bonchev–Trinajstić information content (AvgIpc) is 2.54. The van der Waals surface area contributed by atoms with Crippen molar-refractivity contribution in [1.29, 1.82) is 0 Å². The number of rotatable bonds is 2. The van der Waals surface area contributed by atoms with Crippen molar-refractivity contribution in [3.8, 4) is 0 Å². The Morgan fingerprint density at radius 3 is 2.33 bits per heavy atom. The van der Waals surface area contributed by atoms with Crippen LogP contribution in [0.3, 0.4) is 0 Å². The quantitative estimate of drug-likeness (QED) is 0.813. The predicted octanol–water partition coefficient (Wildman–Crippen LogP) is 1.49. The molecule has 104 valence electrons. The van der Waals surface area contributed by atoms with Crippen molar-refractivity contribution in [1.82, 2.24) is 4.90 Å². The van der Waals surface area contributed by atoms with Gasteiger partial charge in [-0.25, -0.2) is 9.59 Å². The van der Waals surface area contributed by atoms with Gasteiger partial charge < -0.3 is 14.6 Å². The van der Waals surface area contributed by atoms with Crippen LogP contribution in [0.5, 0.6) is 0 Å². The van der Waals surface area contributed by atoms with Crippen LogP contribution in [-0.4, -0.2) is 53.0 Å². The summed E-state index contributed by atoms with van der Waals surface area (Å²) in [5.41, 5.74) is -1.93. The molecule has 1 rings (SSSR count). The number of carboxylic acids is 1. The fourth-order valence-electron chi connectivity index (χ4n) is 1.98. The van der Waals surface area contributed by atoms with Crippen LogP contribution in [0.15, 0.2) is 0 Å². The van der Waals surface area contributed by atoms with Crippen LogP contribution in [0, 0.1) is 0 Å². The maximum absolute atomic E-state index is 12.0. The molecular weight excluding hydrogens is 238 g/mol. The largest absolute Gasteiger partial charge is 0.480 e. The van der Waals surface area contributed by atoms with Gasteiger partial charge >= 0.3 is 12.1 Å². The standard InChI is InChI=1S/C12H21NO5/c1-11(2,3)18-10(16)13-7-8(17-5)6-12(13,4)9(14)15/h8H,6-7H2,1-5H3,(H,14,15)/t8-,12-/m1/s1. The molecule has 1 aliphatic rings. The van der Waals surface area contributed by atoms with Gasteiger partial charge in [-0.15, -0.1) is 0 Å². The van der Waals surface area contributed by atoms with Gasteiger partial charge in [-0.1, -0.05) is 0 Å². The molecule has 0 aliphatic carbocycles. The Kier molecular flexibility index (Phi) is 3.90. The number of amides is 1. The monoisotopic (exact) mass is 259 g/mol. The van der Waals surface area contributed by atoms with Crippen LogP contribution >= 0.6 is 0 Å². The molecule has 1 fully saturated rings. The molecule has 0 aromatic carbocycles. The minimum atomic E-state index is -1.27. The third-order valence-electron chi connectivity index (χ3n) is 3.02. The molecule has 0 spiro atoms. The van der Waals surface area contributed by atoms with Gasteiger partial charge in [-0.05, 0) is 27.7 Å². The van der Waals surface area contributed by atoms with Gasteiger partial charge in [-0.3, -0.25) is 4.90 Å². The number of methoxy groups -OCH3 is 1. The highest BCUT2D eigenvalue weighted by molar-refractivity contribution is 5.85. The van der Waals surface area contributed by atoms with Crippen LogP contribution in [0.2, 0.25) is 0 Å². The van der Waals surface area contributed by atoms with E-state index in [4.69, 9.17) is 9.47 Å². The number of hydrogen-bond acceptors (Lipinski definition) is 4. The van der Waals surface area contributed by atoms with E-state index >= 15 is 0 Å². The van der Waals surface area contributed by atoms with Crippen molar-refractivity contribution >= 4 is 12.1 Å². The van der Waals surface area contributed by atoms with Gasteiger partial charge in [0.2, 0.25) is 0 Å². The summed E-state index contributed by atoms with van der Waals surface area (Å²) in [6.07, 6.45) is -0.636. The van der Waals surface area contributed by atoms with E-state index in [1.165, 1.54) is 18.9 Å². The number of likely N-dealkylation sites (tertiary alicyclic amines) is 1. The number of hydrogen-bond donors (Lipinski definition) is 1. The predicted molar refractivity (Wildman–Crippen MR) is 64.4 cm³/mol. The Morgan fingerprint density at radius 2 is 1.94 bits per heavy atom. The van der Waals surface area contributed by atoms with E-state index in [2.05, 4.69) is 0 Å². The van der Waals surface area contributed by atoms with Crippen LogP contribution < -0.4 is 0 Å². The van der Waals surface area contributed by atoms with Crippen LogP contribution in [0.4, 0.5) is 4.79 Å². The van der Waals surface area contributed by atoms with Gasteiger partial charge in [0.1, 0.15) is 11.1 Å². The summed E-state index contributed by atoms with van der Waals surface area (Å²) < 4.78 is 10.4. The highest BCUT2D eigenvalue weighted by atomic mass is 16.6. The molecule has 1 amide bonds. The van der Waals surface area contributed by atoms with E-state index in [1.807, 2.05) is 0 Å². The second-order valence-electron chi connectivity index (χ2n) is 5.73. The van der Waals surface area contributed by atoms with Gasteiger partial charge in [-0.2, -0.15) is 0 Å². The summed E-state index contributed by atoms with van der Waals surface area (Å²) in [7, 11) is 1.51. The van der Waals surface area contributed by atoms with E-state index in [0.717, 1.165) is 0 Å². The fourth-order valence-corrected chi connectivity index (χ4v) is 1.98. The molecule has 0 aromatic heterocycles. The first-order chi connectivity index (χ1) is 8.10. The van der Waals surface area contributed by atoms with Crippen LogP contribution in [-0.2, 0) is 14.3 Å². The second-order valence-corrected chi connectivity index (χ2v) is 5.73. The maximum atomic E-state index is 12.0. The number of ether oxygens (including phenoxy) is 2. The van der Waals surface area contributed by atoms with E-state index < -0.39 is 23.2 Å². The number of carbonyl (C=O) groups excluding carboxylic acids is 1. The molecule has 0 saturated carbocycles. The molecule has 0 radical (unpaired) electrons. The molecular formula is C12H21NO5. The SMILES string of the molecule is CO[C@H]1CN(C(=O)OC(C)(C)C)[C@@](C)(C(=O)O)C1. The molecule has 18 heavy (non-hydrogen) atoms. The molecule has 1 saturated heterocycles. The summed E-state index contributed by atoms with van der Waals surface area (Å²) in [5, 5.41) is 9.30. The van der Waals surface area contributed by atoms with Gasteiger partial charge in [0.15, 0.2) is 0 Å². The van der Waals surface area contributed by atoms with E-state index in [1.54, 1.807) is 20.8 Å². The maximum Gasteiger partial charge on any atom is 0.411 e. The number of aliphatic carboxylic acids is 1. The van der Waals surface area contributed by atoms with Crippen molar-refractivity contribution in [3.63, 3.8) is 0 Å². The molecule has 1 N–H and O–H groups in total. The molecule has 0 unspecified atom stereocenters. The Balaban J connectivity index is 2.91. The first-order valence-corrected chi connectivity index (χ1v) is 5.87. The lowest BCUT2D eigenvalue weighted by Gasteiger charge is -2.32. The normalized spacial score (nSPS) is 28.3. The van der Waals surface area contributed by atoms with Gasteiger partial charge in [0.25, 0.3) is 0 Å². The molecule has 6 nitrogen and oxygen atoms in total. The lowest BCUT2D eigenvalue weighted by atomic mass is 9.99. The van der Waals surface area contributed by atoms with E-state index in [-0.39, 0.29) is 19.1 Å². The Labute approximate surface area is 107 Å². The molecule has 1 heterocycles. The minimum absolute atomic E-state index is 0.230. The molecule has 1 aliphatic heterocycles. The number of carbonyl (C=O) groups is 2. The Morgan fingerprint density at radius 1 is 1.39 bits per heavy atom. The highest BCUT2D eigenvalue weighted by Gasteiger charge is 2.51. The fraction of sp³-hybridized carbons (Fsp3) is 0.833. The summed E-state index contributed by atoms with van der Waals surface area (Å²) in [4.78, 5) is 24.6. The molecule has 0 aromatic rings.